The van der Waals surface area contributed by atoms with Gasteiger partial charge in [0.05, 0.1) is 0 Å². The third-order valence-corrected chi connectivity index (χ3v) is 0.129. The fourth-order valence-electron chi connectivity index (χ4n) is 0. The number of nitriles is 1. The molecular weight excluding hydrogens is 48.8 g/mol. The number of rotatable bonds is 0. The first-order valence-corrected chi connectivity index (χ1v) is 1.09. The molecule has 0 rings (SSSR count). The van der Waals surface area contributed by atoms with Crippen molar-refractivity contribution < 1.29 is 0 Å². The molecule has 0 spiro atoms. The molecule has 0 saturated carbocycles. The Morgan fingerprint density at radius 1 is 2.00 bits per heavy atom. The zero-order valence-corrected chi connectivity index (χ0v) is 2.52. The van der Waals surface area contributed by atoms with Gasteiger partial charge in [-0.05, 0) is 0 Å². The Labute approximate surface area is 25.9 Å². The van der Waals surface area contributed by atoms with E-state index in [2.05, 4.69) is 0 Å². The van der Waals surface area contributed by atoms with Crippen LogP contribution in [-0.2, 0) is 0 Å². The second kappa shape index (κ2) is 2.42. The fourth-order valence-corrected chi connectivity index (χ4v) is 0. The van der Waals surface area contributed by atoms with Gasteiger partial charge in [-0.3, -0.25) is 0 Å². The van der Waals surface area contributed by atoms with Crippen molar-refractivity contribution in [2.24, 2.45) is 0 Å². The van der Waals surface area contributed by atoms with Gasteiger partial charge >= 0.3 is 0 Å². The summed E-state index contributed by atoms with van der Waals surface area (Å²) in [5.74, 6) is 1.43. The fraction of sp³-hybridized carbons (Fsp3) is 0. The Hall–Kier alpha value is -0.575. The highest BCUT2D eigenvalue weighted by atomic mass is 14.2. The molecule has 4 heavy (non-hydrogen) atoms. The van der Waals surface area contributed by atoms with Crippen LogP contribution in [0.25, 0.3) is 0 Å². The molecule has 0 amide bonds. The number of nitrogens with zero attached hydrogens (tertiary/aromatic N) is 1. The first-order valence-electron chi connectivity index (χ1n) is 1.09. The zero-order chi connectivity index (χ0) is 3.41. The summed E-state index contributed by atoms with van der Waals surface area (Å²) in [5.41, 5.74) is 0. The molecule has 2 heteroatoms. The molecular formula is C2H3BN-. The van der Waals surface area contributed by atoms with Gasteiger partial charge in [0.15, 0.2) is 0 Å². The van der Waals surface area contributed by atoms with Gasteiger partial charge in [0.25, 0.3) is 0 Å². The van der Waals surface area contributed by atoms with Crippen LogP contribution in [0.15, 0.2) is 0 Å². The van der Waals surface area contributed by atoms with Crippen LogP contribution in [0.4, 0.5) is 0 Å². The molecule has 0 bridgehead atoms. The van der Waals surface area contributed by atoms with E-state index in [0.717, 1.165) is 0 Å². The van der Waals surface area contributed by atoms with Crippen LogP contribution < -0.4 is 0 Å². The van der Waals surface area contributed by atoms with Gasteiger partial charge in [0.1, 0.15) is 0 Å². The summed E-state index contributed by atoms with van der Waals surface area (Å²) < 4.78 is 0. The van der Waals surface area contributed by atoms with E-state index in [1.165, 1.54) is 5.97 Å². The second-order valence-corrected chi connectivity index (χ2v) is 0.418. The SMILES string of the molecule is [BH2-]=CC#N. The van der Waals surface area contributed by atoms with Crippen molar-refractivity contribution in [2.75, 3.05) is 0 Å². The Balaban J connectivity index is 2.92. The molecule has 0 aromatic rings. The van der Waals surface area contributed by atoms with Crippen molar-refractivity contribution in [1.82, 2.24) is 0 Å². The summed E-state index contributed by atoms with van der Waals surface area (Å²) in [6, 6.07) is 1.81. The molecule has 0 atom stereocenters. The van der Waals surface area contributed by atoms with Crippen LogP contribution in [0.5, 0.6) is 0 Å². The summed E-state index contributed by atoms with van der Waals surface area (Å²) in [6.07, 6.45) is 0. The van der Waals surface area contributed by atoms with E-state index in [9.17, 15) is 0 Å². The normalized spacial score (nSPS) is 3.75. The topological polar surface area (TPSA) is 23.8 Å². The number of hydrogen-bond donors (Lipinski definition) is 0. The molecule has 0 aliphatic carbocycles. The average molecular weight is 51.9 g/mol. The molecule has 0 saturated heterocycles. The lowest BCUT2D eigenvalue weighted by molar-refractivity contribution is 1.56. The Bertz CT molecular complexity index is 51.5. The molecule has 0 radical (unpaired) electrons. The van der Waals surface area contributed by atoms with E-state index >= 15 is 0 Å². The minimum atomic E-state index is 1.43. The van der Waals surface area contributed by atoms with Crippen LogP contribution >= 0.6 is 0 Å². The first-order chi connectivity index (χ1) is 1.91. The molecule has 0 aliphatic heterocycles. The smallest absolute Gasteiger partial charge is 0.0428 e. The lowest BCUT2D eigenvalue weighted by atomic mass is 10.3. The highest BCUT2D eigenvalue weighted by Gasteiger charge is 1.22. The maximum atomic E-state index is 7.57. The monoisotopic (exact) mass is 52.0 g/mol. The largest absolute Gasteiger partial charge is 0.199 e. The molecule has 0 fully saturated rings. The lowest BCUT2D eigenvalue weighted by Crippen LogP contribution is -1.50. The number of hydrogen-bond acceptors (Lipinski definition) is 1. The minimum absolute atomic E-state index is 1.43. The highest BCUT2D eigenvalue weighted by molar-refractivity contribution is 6.32. The highest BCUT2D eigenvalue weighted by Crippen LogP contribution is 1.17. The summed E-state index contributed by atoms with van der Waals surface area (Å²) in [4.78, 5) is 0. The van der Waals surface area contributed by atoms with Crippen molar-refractivity contribution in [3.63, 3.8) is 0 Å². The van der Waals surface area contributed by atoms with Crippen LogP contribution in [0.3, 0.4) is 0 Å². The molecule has 0 aliphatic rings. The van der Waals surface area contributed by atoms with Crippen LogP contribution in [0, 0.1) is 11.3 Å². The summed E-state index contributed by atoms with van der Waals surface area (Å²) in [5, 5.41) is 7.57. The van der Waals surface area contributed by atoms with Gasteiger partial charge in [-0.25, -0.2) is 0 Å². The minimum Gasteiger partial charge on any atom is -0.199 e. The van der Waals surface area contributed by atoms with Crippen LogP contribution in [0.2, 0.25) is 0 Å². The van der Waals surface area contributed by atoms with Gasteiger partial charge in [-0.15, -0.1) is 0 Å². The Morgan fingerprint density at radius 2 is 2.25 bits per heavy atom. The van der Waals surface area contributed by atoms with Crippen molar-refractivity contribution in [2.45, 2.75) is 0 Å². The van der Waals surface area contributed by atoms with Crippen LogP contribution in [0.1, 0.15) is 0 Å². The molecule has 1 nitrogen and oxygen atoms in total. The van der Waals surface area contributed by atoms with Gasteiger partial charge < -0.3 is 0 Å². The maximum Gasteiger partial charge on any atom is 0.0428 e. The average Bonchev–Trinajstić information content (AvgIpc) is 1.37. The lowest BCUT2D eigenvalue weighted by Gasteiger charge is -1.43. The van der Waals surface area contributed by atoms with Gasteiger partial charge in [-0.1, -0.05) is 0 Å². The molecule has 0 N–H and O–H groups in total. The van der Waals surface area contributed by atoms with E-state index < -0.39 is 0 Å². The zero-order valence-electron chi connectivity index (χ0n) is 2.52. The summed E-state index contributed by atoms with van der Waals surface area (Å²) in [6.45, 7) is 0. The third kappa shape index (κ3) is 1.42. The van der Waals surface area contributed by atoms with Crippen LogP contribution in [-0.4, -0.2) is 13.5 Å². The van der Waals surface area contributed by atoms with E-state index in [1.807, 2.05) is 0 Å². The Morgan fingerprint density at radius 3 is 2.25 bits per heavy atom. The molecule has 0 unspecified atom stereocenters. The predicted octanol–water partition coefficient (Wildman–Crippen LogP) is -1.05. The molecule has 0 aromatic heterocycles. The molecule has 0 aromatic carbocycles. The van der Waals surface area contributed by atoms with Crippen molar-refractivity contribution in [1.29, 1.82) is 5.26 Å². The first kappa shape index (κ1) is 3.42. The van der Waals surface area contributed by atoms with Crippen molar-refractivity contribution in [3.8, 4) is 6.07 Å². The van der Waals surface area contributed by atoms with E-state index in [4.69, 9.17) is 5.26 Å². The second-order valence-electron chi connectivity index (χ2n) is 0.418. The van der Waals surface area contributed by atoms with Gasteiger partial charge in [0, 0.05) is 6.07 Å². The van der Waals surface area contributed by atoms with Gasteiger partial charge in [0.2, 0.25) is 0 Å². The Kier molecular flexibility index (Phi) is 2.08. The van der Waals surface area contributed by atoms with Crippen molar-refractivity contribution in [3.05, 3.63) is 0 Å². The molecule has 20 valence electrons. The molecule has 0 heterocycles. The standard InChI is InChI=1S/C2H3BN/c3-1-2-4/h1H,3H2/q-1. The summed E-state index contributed by atoms with van der Waals surface area (Å²) in [7, 11) is 1.69. The quantitative estimate of drug-likeness (QED) is 0.322. The van der Waals surface area contributed by atoms with Gasteiger partial charge in [-0.2, -0.15) is 18.7 Å². The van der Waals surface area contributed by atoms with E-state index in [-0.39, 0.29) is 0 Å². The van der Waals surface area contributed by atoms with E-state index in [1.54, 1.807) is 13.6 Å². The predicted molar refractivity (Wildman–Crippen MR) is 20.2 cm³/mol. The van der Waals surface area contributed by atoms with E-state index in [0.29, 0.717) is 0 Å². The summed E-state index contributed by atoms with van der Waals surface area (Å²) >= 11 is 0. The third-order valence-electron chi connectivity index (χ3n) is 0.129. The maximum absolute atomic E-state index is 7.57. The van der Waals surface area contributed by atoms with Crippen molar-refractivity contribution >= 4 is 13.5 Å².